The predicted octanol–water partition coefficient (Wildman–Crippen LogP) is 1.93. The van der Waals surface area contributed by atoms with Crippen LogP contribution >= 0.6 is 0 Å². The van der Waals surface area contributed by atoms with E-state index in [1.54, 1.807) is 12.3 Å². The number of aromatic nitrogens is 3. The van der Waals surface area contributed by atoms with Crippen molar-refractivity contribution in [1.29, 1.82) is 0 Å². The molecule has 2 aromatic heterocycles. The standard InChI is InChI=1S/C22H27N5O3/c1-3-4-9-24-20(28)12-27(2)22-17-6-5-7-18(17)25-21(26-22)19-11-15(8-10-23-19)30-16-13-29-14-16/h3,8,10-11,16H,1,4-7,9,12-14H2,2H3,(H,24,28). The second-order valence-corrected chi connectivity index (χ2v) is 7.59. The maximum Gasteiger partial charge on any atom is 0.239 e. The minimum Gasteiger partial charge on any atom is -0.485 e. The molecule has 1 amide bonds. The van der Waals surface area contributed by atoms with Crippen molar-refractivity contribution in [3.05, 3.63) is 42.2 Å². The molecule has 158 valence electrons. The van der Waals surface area contributed by atoms with Crippen molar-refractivity contribution in [2.75, 3.05) is 38.3 Å². The maximum atomic E-state index is 12.3. The summed E-state index contributed by atoms with van der Waals surface area (Å²) in [5.74, 6) is 2.04. The molecule has 0 spiro atoms. The van der Waals surface area contributed by atoms with Crippen LogP contribution in [-0.2, 0) is 22.4 Å². The fourth-order valence-electron chi connectivity index (χ4n) is 3.58. The number of hydrogen-bond acceptors (Lipinski definition) is 7. The normalized spacial score (nSPS) is 15.2. The number of nitrogens with zero attached hydrogens (tertiary/aromatic N) is 4. The van der Waals surface area contributed by atoms with E-state index >= 15 is 0 Å². The van der Waals surface area contributed by atoms with Crippen molar-refractivity contribution in [1.82, 2.24) is 20.3 Å². The van der Waals surface area contributed by atoms with Crippen LogP contribution in [0.3, 0.4) is 0 Å². The Kier molecular flexibility index (Phi) is 6.23. The lowest BCUT2D eigenvalue weighted by Crippen LogP contribution is -2.38. The smallest absolute Gasteiger partial charge is 0.239 e. The average Bonchev–Trinajstić information content (AvgIpc) is 3.19. The third-order valence-corrected chi connectivity index (χ3v) is 5.20. The highest BCUT2D eigenvalue weighted by Crippen LogP contribution is 2.31. The number of nitrogens with one attached hydrogen (secondary N) is 1. The first-order valence-corrected chi connectivity index (χ1v) is 10.3. The average molecular weight is 409 g/mol. The number of anilines is 1. The van der Waals surface area contributed by atoms with Gasteiger partial charge < -0.3 is 19.7 Å². The topological polar surface area (TPSA) is 89.5 Å². The first-order valence-electron chi connectivity index (χ1n) is 10.3. The second-order valence-electron chi connectivity index (χ2n) is 7.59. The molecule has 0 unspecified atom stereocenters. The van der Waals surface area contributed by atoms with Gasteiger partial charge in [0, 0.05) is 37.1 Å². The third-order valence-electron chi connectivity index (χ3n) is 5.20. The molecule has 1 aliphatic heterocycles. The van der Waals surface area contributed by atoms with Gasteiger partial charge in [0.05, 0.1) is 19.8 Å². The molecular formula is C22H27N5O3. The number of carbonyl (C=O) groups is 1. The molecule has 8 nitrogen and oxygen atoms in total. The second kappa shape index (κ2) is 9.21. The van der Waals surface area contributed by atoms with Gasteiger partial charge in [-0.2, -0.15) is 0 Å². The first-order chi connectivity index (χ1) is 14.6. The highest BCUT2D eigenvalue weighted by molar-refractivity contribution is 5.81. The first kappa shape index (κ1) is 20.3. The molecule has 2 aliphatic rings. The molecule has 1 aliphatic carbocycles. The molecule has 0 radical (unpaired) electrons. The van der Waals surface area contributed by atoms with Crippen LogP contribution in [0.5, 0.6) is 5.75 Å². The zero-order chi connectivity index (χ0) is 20.9. The monoisotopic (exact) mass is 409 g/mol. The van der Waals surface area contributed by atoms with Gasteiger partial charge in [0.2, 0.25) is 5.91 Å². The Morgan fingerprint density at radius 2 is 2.27 bits per heavy atom. The Morgan fingerprint density at radius 1 is 1.40 bits per heavy atom. The fraction of sp³-hybridized carbons (Fsp3) is 0.455. The Bertz CT molecular complexity index is 929. The Balaban J connectivity index is 1.56. The number of hydrogen-bond donors (Lipinski definition) is 1. The summed E-state index contributed by atoms with van der Waals surface area (Å²) in [5, 5.41) is 2.90. The highest BCUT2D eigenvalue weighted by atomic mass is 16.6. The van der Waals surface area contributed by atoms with Gasteiger partial charge in [0.15, 0.2) is 5.82 Å². The van der Waals surface area contributed by atoms with Crippen molar-refractivity contribution < 1.29 is 14.3 Å². The lowest BCUT2D eigenvalue weighted by molar-refractivity contribution is -0.119. The minimum absolute atomic E-state index is 0.0394. The zero-order valence-corrected chi connectivity index (χ0v) is 17.3. The number of likely N-dealkylation sites (N-methyl/N-ethyl adjacent to an activating group) is 1. The molecule has 0 atom stereocenters. The van der Waals surface area contributed by atoms with E-state index in [0.29, 0.717) is 31.3 Å². The van der Waals surface area contributed by atoms with Gasteiger partial charge in [-0.3, -0.25) is 9.78 Å². The number of carbonyl (C=O) groups excluding carboxylic acids is 1. The summed E-state index contributed by atoms with van der Waals surface area (Å²) in [4.78, 5) is 28.2. The summed E-state index contributed by atoms with van der Waals surface area (Å²) in [5.41, 5.74) is 2.82. The lowest BCUT2D eigenvalue weighted by atomic mass is 10.2. The number of pyridine rings is 1. The SMILES string of the molecule is C=CCCNC(=O)CN(C)c1nc(-c2cc(OC3COC3)ccn2)nc2c1CCC2. The highest BCUT2D eigenvalue weighted by Gasteiger charge is 2.24. The fourth-order valence-corrected chi connectivity index (χ4v) is 3.58. The van der Waals surface area contributed by atoms with E-state index in [-0.39, 0.29) is 18.6 Å². The van der Waals surface area contributed by atoms with Gasteiger partial charge in [-0.1, -0.05) is 6.08 Å². The Morgan fingerprint density at radius 3 is 3.03 bits per heavy atom. The molecular weight excluding hydrogens is 382 g/mol. The van der Waals surface area contributed by atoms with Gasteiger partial charge in [0.1, 0.15) is 23.4 Å². The summed E-state index contributed by atoms with van der Waals surface area (Å²) in [6.07, 6.45) is 7.20. The number of rotatable bonds is 9. The van der Waals surface area contributed by atoms with Crippen molar-refractivity contribution in [2.45, 2.75) is 31.8 Å². The molecule has 4 rings (SSSR count). The predicted molar refractivity (Wildman–Crippen MR) is 114 cm³/mol. The van der Waals surface area contributed by atoms with Gasteiger partial charge in [-0.15, -0.1) is 6.58 Å². The molecule has 2 aromatic rings. The van der Waals surface area contributed by atoms with Crippen molar-refractivity contribution in [3.63, 3.8) is 0 Å². The van der Waals surface area contributed by atoms with E-state index in [1.165, 1.54) is 0 Å². The van der Waals surface area contributed by atoms with Crippen LogP contribution in [0.2, 0.25) is 0 Å². The summed E-state index contributed by atoms with van der Waals surface area (Å²) >= 11 is 0. The van der Waals surface area contributed by atoms with Crippen LogP contribution in [0, 0.1) is 0 Å². The number of fused-ring (bicyclic) bond motifs is 1. The van der Waals surface area contributed by atoms with Crippen LogP contribution in [0.4, 0.5) is 5.82 Å². The molecule has 8 heteroatoms. The van der Waals surface area contributed by atoms with Crippen LogP contribution in [0.15, 0.2) is 31.0 Å². The number of amides is 1. The number of aryl methyl sites for hydroxylation is 1. The van der Waals surface area contributed by atoms with Gasteiger partial charge >= 0.3 is 0 Å². The molecule has 3 heterocycles. The Hall–Kier alpha value is -3.00. The number of ether oxygens (including phenoxy) is 2. The molecule has 30 heavy (non-hydrogen) atoms. The van der Waals surface area contributed by atoms with E-state index in [9.17, 15) is 4.79 Å². The zero-order valence-electron chi connectivity index (χ0n) is 17.3. The van der Waals surface area contributed by atoms with E-state index in [4.69, 9.17) is 19.4 Å². The Labute approximate surface area is 176 Å². The lowest BCUT2D eigenvalue weighted by Gasteiger charge is -2.26. The van der Waals surface area contributed by atoms with Crippen LogP contribution in [0.25, 0.3) is 11.5 Å². The summed E-state index contributed by atoms with van der Waals surface area (Å²) in [6.45, 7) is 5.71. The van der Waals surface area contributed by atoms with Gasteiger partial charge in [-0.25, -0.2) is 9.97 Å². The van der Waals surface area contributed by atoms with Gasteiger partial charge in [0.25, 0.3) is 0 Å². The van der Waals surface area contributed by atoms with Crippen molar-refractivity contribution >= 4 is 11.7 Å². The van der Waals surface area contributed by atoms with Crippen LogP contribution in [0.1, 0.15) is 24.1 Å². The summed E-state index contributed by atoms with van der Waals surface area (Å²) in [6, 6.07) is 3.69. The molecule has 1 saturated heterocycles. The molecule has 1 N–H and O–H groups in total. The molecule has 0 bridgehead atoms. The third kappa shape index (κ3) is 4.59. The van der Waals surface area contributed by atoms with Gasteiger partial charge in [-0.05, 0) is 31.7 Å². The molecule has 0 saturated carbocycles. The van der Waals surface area contributed by atoms with Crippen molar-refractivity contribution in [2.24, 2.45) is 0 Å². The summed E-state index contributed by atoms with van der Waals surface area (Å²) in [7, 11) is 1.89. The minimum atomic E-state index is -0.0394. The van der Waals surface area contributed by atoms with Crippen LogP contribution < -0.4 is 15.0 Å². The van der Waals surface area contributed by atoms with Crippen molar-refractivity contribution in [3.8, 4) is 17.3 Å². The van der Waals surface area contributed by atoms with Crippen LogP contribution in [-0.4, -0.2) is 60.3 Å². The summed E-state index contributed by atoms with van der Waals surface area (Å²) < 4.78 is 11.1. The van der Waals surface area contributed by atoms with E-state index in [1.807, 2.05) is 24.1 Å². The maximum absolute atomic E-state index is 12.3. The molecule has 1 fully saturated rings. The quantitative estimate of drug-likeness (QED) is 0.500. The van der Waals surface area contributed by atoms with E-state index in [0.717, 1.165) is 48.5 Å². The van der Waals surface area contributed by atoms with E-state index in [2.05, 4.69) is 16.9 Å². The molecule has 0 aromatic carbocycles. The largest absolute Gasteiger partial charge is 0.485 e. The van der Waals surface area contributed by atoms with E-state index < -0.39 is 0 Å².